The molecule has 0 saturated heterocycles. The van der Waals surface area contributed by atoms with Gasteiger partial charge in [0.15, 0.2) is 6.61 Å². The third kappa shape index (κ3) is 4.69. The lowest BCUT2D eigenvalue weighted by molar-refractivity contribution is -0.385. The molecule has 0 fully saturated rings. The number of amides is 1. The number of hydrogen-bond acceptors (Lipinski definition) is 8. The molecular formula is C23H22N4O6. The predicted octanol–water partition coefficient (Wildman–Crippen LogP) is 3.82. The van der Waals surface area contributed by atoms with Crippen molar-refractivity contribution in [1.29, 1.82) is 0 Å². The summed E-state index contributed by atoms with van der Waals surface area (Å²) in [6.45, 7) is 1.38. The number of nitrogens with zero attached hydrogens (tertiary/aromatic N) is 3. The molecule has 0 bridgehead atoms. The highest BCUT2D eigenvalue weighted by molar-refractivity contribution is 6.05. The number of phenolic OH excluding ortho intramolecular Hbond substituents is 1. The molecule has 10 heteroatoms. The van der Waals surface area contributed by atoms with Crippen molar-refractivity contribution in [2.45, 2.75) is 32.6 Å². The summed E-state index contributed by atoms with van der Waals surface area (Å²) in [5.74, 6) is -0.347. The molecule has 1 heterocycles. The number of rotatable bonds is 7. The van der Waals surface area contributed by atoms with Gasteiger partial charge in [0.2, 0.25) is 5.75 Å². The highest BCUT2D eigenvalue weighted by Gasteiger charge is 2.27. The van der Waals surface area contributed by atoms with Gasteiger partial charge in [-0.15, -0.1) is 0 Å². The molecule has 1 aromatic heterocycles. The topological polar surface area (TPSA) is 140 Å². The first-order valence-electron chi connectivity index (χ1n) is 10.4. The van der Waals surface area contributed by atoms with E-state index in [1.807, 2.05) is 30.3 Å². The van der Waals surface area contributed by atoms with Gasteiger partial charge in [-0.2, -0.15) is 5.10 Å². The molecule has 0 aliphatic heterocycles. The number of nitro benzene ring substituents is 1. The van der Waals surface area contributed by atoms with Gasteiger partial charge in [0, 0.05) is 17.4 Å². The second-order valence-electron chi connectivity index (χ2n) is 7.61. The van der Waals surface area contributed by atoms with Crippen LogP contribution in [-0.4, -0.2) is 34.5 Å². The maximum atomic E-state index is 12.0. The van der Waals surface area contributed by atoms with Gasteiger partial charge in [-0.05, 0) is 31.7 Å². The minimum Gasteiger partial charge on any atom is -0.502 e. The van der Waals surface area contributed by atoms with E-state index in [1.165, 1.54) is 12.3 Å². The van der Waals surface area contributed by atoms with E-state index in [2.05, 4.69) is 15.7 Å². The van der Waals surface area contributed by atoms with Gasteiger partial charge in [-0.25, -0.2) is 5.43 Å². The normalized spacial score (nSPS) is 13.8. The number of nitrogens with one attached hydrogen (secondary N) is 1. The second-order valence-corrected chi connectivity index (χ2v) is 7.61. The summed E-state index contributed by atoms with van der Waals surface area (Å²) >= 11 is 0. The quantitative estimate of drug-likeness (QED) is 0.319. The summed E-state index contributed by atoms with van der Waals surface area (Å²) in [5, 5.41) is 30.2. The molecule has 2 N–H and O–H groups in total. The Balaban J connectivity index is 1.50. The summed E-state index contributed by atoms with van der Waals surface area (Å²) in [7, 11) is 0. The van der Waals surface area contributed by atoms with Gasteiger partial charge in [0.25, 0.3) is 5.91 Å². The van der Waals surface area contributed by atoms with Crippen LogP contribution in [0.25, 0.3) is 11.0 Å². The van der Waals surface area contributed by atoms with E-state index in [0.29, 0.717) is 16.7 Å². The Bertz CT molecular complexity index is 1260. The van der Waals surface area contributed by atoms with E-state index in [4.69, 9.17) is 9.25 Å². The Hall–Kier alpha value is -4.21. The van der Waals surface area contributed by atoms with Gasteiger partial charge >= 0.3 is 5.69 Å². The highest BCUT2D eigenvalue weighted by atomic mass is 16.6. The largest absolute Gasteiger partial charge is 0.502 e. The fourth-order valence-corrected chi connectivity index (χ4v) is 3.82. The number of oxime groups is 1. The Labute approximate surface area is 188 Å². The number of fused-ring (bicyclic) bond motifs is 3. The molecule has 170 valence electrons. The molecule has 0 atom stereocenters. The summed E-state index contributed by atoms with van der Waals surface area (Å²) in [4.78, 5) is 27.8. The van der Waals surface area contributed by atoms with Crippen LogP contribution in [0.4, 0.5) is 5.69 Å². The summed E-state index contributed by atoms with van der Waals surface area (Å²) in [5.41, 5.74) is 4.62. The second kappa shape index (κ2) is 9.51. The smallest absolute Gasteiger partial charge is 0.315 e. The molecule has 4 rings (SSSR count). The standard InChI is InChI=1S/C23H22N4O6/c1-14(15-7-3-2-4-8-15)26-32-13-21(28)25-24-12-17-22-16-9-5-6-10-19(16)33-20(22)11-18(23(17)29)27(30)31/h2-4,7-8,11-12,29H,5-6,9-10,13H2,1H3,(H,25,28)/b24-12+,26-14-. The van der Waals surface area contributed by atoms with Crippen LogP contribution >= 0.6 is 0 Å². The zero-order valence-corrected chi connectivity index (χ0v) is 17.9. The SMILES string of the molecule is C/C(=N/OCC(=O)N/N=C/c1c(O)c([N+](=O)[O-])cc2oc3c(c12)CCCC3)c1ccccc1. The van der Waals surface area contributed by atoms with Crippen molar-refractivity contribution in [3.63, 3.8) is 0 Å². The lowest BCUT2D eigenvalue weighted by Gasteiger charge is -2.10. The molecule has 0 spiro atoms. The average molecular weight is 450 g/mol. The molecule has 1 aliphatic carbocycles. The van der Waals surface area contributed by atoms with Crippen LogP contribution in [0.2, 0.25) is 0 Å². The third-order valence-electron chi connectivity index (χ3n) is 5.40. The van der Waals surface area contributed by atoms with Gasteiger partial charge in [0.1, 0.15) is 11.3 Å². The van der Waals surface area contributed by atoms with Gasteiger partial charge in [0.05, 0.1) is 28.5 Å². The first-order chi connectivity index (χ1) is 16.0. The number of furan rings is 1. The first kappa shape index (κ1) is 22.0. The first-order valence-corrected chi connectivity index (χ1v) is 10.4. The van der Waals surface area contributed by atoms with Crippen LogP contribution in [0, 0.1) is 10.1 Å². The molecular weight excluding hydrogens is 428 g/mol. The molecule has 0 unspecified atom stereocenters. The number of aromatic hydroxyl groups is 1. The number of carbonyl (C=O) groups is 1. The maximum Gasteiger partial charge on any atom is 0.315 e. The van der Waals surface area contributed by atoms with Crippen molar-refractivity contribution < 1.29 is 24.1 Å². The predicted molar refractivity (Wildman–Crippen MR) is 122 cm³/mol. The Morgan fingerprint density at radius 1 is 1.30 bits per heavy atom. The van der Waals surface area contributed by atoms with Crippen molar-refractivity contribution in [2.75, 3.05) is 6.61 Å². The Kier molecular flexibility index (Phi) is 6.34. The van der Waals surface area contributed by atoms with Gasteiger partial charge < -0.3 is 14.4 Å². The van der Waals surface area contributed by atoms with Gasteiger partial charge in [-0.1, -0.05) is 35.5 Å². The van der Waals surface area contributed by atoms with Crippen LogP contribution in [0.1, 0.15) is 42.2 Å². The van der Waals surface area contributed by atoms with E-state index >= 15 is 0 Å². The van der Waals surface area contributed by atoms with Crippen LogP contribution in [0.15, 0.2) is 51.1 Å². The minimum absolute atomic E-state index is 0.130. The average Bonchev–Trinajstić information content (AvgIpc) is 3.19. The molecule has 0 radical (unpaired) electrons. The lowest BCUT2D eigenvalue weighted by atomic mass is 9.93. The molecule has 33 heavy (non-hydrogen) atoms. The number of carbonyl (C=O) groups excluding carboxylic acids is 1. The van der Waals surface area contributed by atoms with Crippen LogP contribution in [-0.2, 0) is 22.5 Å². The summed E-state index contributed by atoms with van der Waals surface area (Å²) < 4.78 is 5.82. The number of aryl methyl sites for hydroxylation is 2. The van der Waals surface area contributed by atoms with Crippen molar-refractivity contribution in [1.82, 2.24) is 5.43 Å². The van der Waals surface area contributed by atoms with Crippen molar-refractivity contribution >= 4 is 34.5 Å². The van der Waals surface area contributed by atoms with Crippen molar-refractivity contribution in [2.24, 2.45) is 10.3 Å². The van der Waals surface area contributed by atoms with E-state index in [-0.39, 0.29) is 12.2 Å². The summed E-state index contributed by atoms with van der Waals surface area (Å²) in [6, 6.07) is 10.6. The van der Waals surface area contributed by atoms with Crippen molar-refractivity contribution in [3.8, 4) is 5.75 Å². The number of hydrogen-bond donors (Lipinski definition) is 2. The van der Waals surface area contributed by atoms with E-state index in [1.54, 1.807) is 6.92 Å². The third-order valence-corrected chi connectivity index (χ3v) is 5.40. The number of phenols is 1. The van der Waals surface area contributed by atoms with Crippen LogP contribution < -0.4 is 5.43 Å². The number of hydrazone groups is 1. The zero-order valence-electron chi connectivity index (χ0n) is 17.9. The summed E-state index contributed by atoms with van der Waals surface area (Å²) in [6.07, 6.45) is 4.57. The van der Waals surface area contributed by atoms with E-state index < -0.39 is 22.3 Å². The Morgan fingerprint density at radius 2 is 2.06 bits per heavy atom. The molecule has 0 saturated carbocycles. The monoisotopic (exact) mass is 450 g/mol. The molecule has 10 nitrogen and oxygen atoms in total. The lowest BCUT2D eigenvalue weighted by Crippen LogP contribution is -2.22. The van der Waals surface area contributed by atoms with Crippen LogP contribution in [0.5, 0.6) is 5.75 Å². The minimum atomic E-state index is -0.687. The fourth-order valence-electron chi connectivity index (χ4n) is 3.82. The highest BCUT2D eigenvalue weighted by Crippen LogP contribution is 2.41. The number of nitro groups is 1. The number of benzene rings is 2. The van der Waals surface area contributed by atoms with Crippen LogP contribution in [0.3, 0.4) is 0 Å². The van der Waals surface area contributed by atoms with Crippen molar-refractivity contribution in [3.05, 3.63) is 69.0 Å². The molecule has 1 aliphatic rings. The molecule has 1 amide bonds. The van der Waals surface area contributed by atoms with E-state index in [0.717, 1.165) is 42.6 Å². The van der Waals surface area contributed by atoms with E-state index in [9.17, 15) is 20.0 Å². The molecule has 3 aromatic rings. The maximum absolute atomic E-state index is 12.0. The zero-order chi connectivity index (χ0) is 23.4. The van der Waals surface area contributed by atoms with Gasteiger partial charge in [-0.3, -0.25) is 14.9 Å². The Morgan fingerprint density at radius 3 is 2.82 bits per heavy atom. The molecule has 2 aromatic carbocycles. The fraction of sp³-hybridized carbons (Fsp3) is 0.261.